The number of carbonyl (C=O) groups is 2. The highest BCUT2D eigenvalue weighted by molar-refractivity contribution is 5.70. The second kappa shape index (κ2) is 8.41. The lowest BCUT2D eigenvalue weighted by atomic mass is 10.1. The minimum Gasteiger partial charge on any atom is -0.508 e. The number of alkyl carbamates (subject to hydrolysis) is 1. The van der Waals surface area contributed by atoms with E-state index in [1.807, 2.05) is 6.92 Å². The number of amides is 1. The van der Waals surface area contributed by atoms with Gasteiger partial charge in [-0.05, 0) is 44.9 Å². The molecule has 0 radical (unpaired) electrons. The van der Waals surface area contributed by atoms with Crippen LogP contribution in [0.25, 0.3) is 0 Å². The zero-order chi connectivity index (χ0) is 17.5. The van der Waals surface area contributed by atoms with Crippen LogP contribution in [-0.4, -0.2) is 29.3 Å². The van der Waals surface area contributed by atoms with Crippen molar-refractivity contribution in [3.63, 3.8) is 0 Å². The number of rotatable bonds is 6. The van der Waals surface area contributed by atoms with Crippen molar-refractivity contribution < 1.29 is 24.2 Å². The van der Waals surface area contributed by atoms with Crippen molar-refractivity contribution in [3.8, 4) is 5.75 Å². The Labute approximate surface area is 136 Å². The third-order valence-electron chi connectivity index (χ3n) is 2.82. The summed E-state index contributed by atoms with van der Waals surface area (Å²) in [5, 5.41) is 12.0. The Morgan fingerprint density at radius 1 is 1.22 bits per heavy atom. The first-order valence-corrected chi connectivity index (χ1v) is 7.66. The zero-order valence-electron chi connectivity index (χ0n) is 14.1. The third-order valence-corrected chi connectivity index (χ3v) is 2.82. The first-order valence-electron chi connectivity index (χ1n) is 7.66. The minimum atomic E-state index is -0.637. The van der Waals surface area contributed by atoms with Crippen LogP contribution in [0.1, 0.15) is 52.2 Å². The van der Waals surface area contributed by atoms with Crippen molar-refractivity contribution in [2.75, 3.05) is 6.54 Å². The third kappa shape index (κ3) is 7.54. The van der Waals surface area contributed by atoms with E-state index in [0.29, 0.717) is 18.4 Å². The Morgan fingerprint density at radius 2 is 1.83 bits per heavy atom. The van der Waals surface area contributed by atoms with Gasteiger partial charge < -0.3 is 19.9 Å². The number of carbonyl (C=O) groups excluding carboxylic acids is 2. The molecule has 2 N–H and O–H groups in total. The van der Waals surface area contributed by atoms with Gasteiger partial charge in [-0.25, -0.2) is 4.79 Å². The fourth-order valence-corrected chi connectivity index (χ4v) is 1.83. The number of hydrogen-bond acceptors (Lipinski definition) is 5. The highest BCUT2D eigenvalue weighted by Gasteiger charge is 2.20. The van der Waals surface area contributed by atoms with E-state index in [1.54, 1.807) is 32.9 Å². The average Bonchev–Trinajstić information content (AvgIpc) is 2.43. The first-order chi connectivity index (χ1) is 10.7. The van der Waals surface area contributed by atoms with Gasteiger partial charge in [-0.1, -0.05) is 19.1 Å². The van der Waals surface area contributed by atoms with E-state index < -0.39 is 17.8 Å². The second-order valence-electron chi connectivity index (χ2n) is 6.20. The Hall–Kier alpha value is -2.24. The van der Waals surface area contributed by atoms with Gasteiger partial charge in [0.05, 0.1) is 6.54 Å². The number of phenols is 1. The molecule has 1 rings (SSSR count). The van der Waals surface area contributed by atoms with E-state index in [9.17, 15) is 14.7 Å². The molecule has 0 aliphatic rings. The summed E-state index contributed by atoms with van der Waals surface area (Å²) in [5.41, 5.74) is 0.0834. The molecule has 0 fully saturated rings. The molecule has 1 aromatic rings. The first kappa shape index (κ1) is 18.8. The number of benzene rings is 1. The molecule has 0 spiro atoms. The van der Waals surface area contributed by atoms with Crippen LogP contribution in [0, 0.1) is 0 Å². The molecule has 23 heavy (non-hydrogen) atoms. The predicted octanol–water partition coefficient (Wildman–Crippen LogP) is 3.30. The lowest BCUT2D eigenvalue weighted by molar-refractivity contribution is -0.149. The molecule has 0 saturated heterocycles. The monoisotopic (exact) mass is 323 g/mol. The maximum absolute atomic E-state index is 11.8. The van der Waals surface area contributed by atoms with Crippen LogP contribution in [0.2, 0.25) is 0 Å². The van der Waals surface area contributed by atoms with Crippen molar-refractivity contribution in [3.05, 3.63) is 29.8 Å². The van der Waals surface area contributed by atoms with Gasteiger partial charge >= 0.3 is 12.1 Å². The van der Waals surface area contributed by atoms with E-state index in [-0.39, 0.29) is 18.3 Å². The molecule has 128 valence electrons. The summed E-state index contributed by atoms with van der Waals surface area (Å²) in [6.07, 6.45) is -0.225. The summed E-state index contributed by atoms with van der Waals surface area (Å²) < 4.78 is 10.6. The van der Waals surface area contributed by atoms with Crippen LogP contribution in [0.5, 0.6) is 5.75 Å². The number of aromatic hydroxyl groups is 1. The van der Waals surface area contributed by atoms with Gasteiger partial charge in [-0.2, -0.15) is 0 Å². The highest BCUT2D eigenvalue weighted by Crippen LogP contribution is 2.21. The quantitative estimate of drug-likeness (QED) is 0.785. The van der Waals surface area contributed by atoms with Crippen molar-refractivity contribution in [2.45, 2.75) is 52.2 Å². The summed E-state index contributed by atoms with van der Waals surface area (Å²) >= 11 is 0. The molecule has 1 atom stereocenters. The molecule has 0 bridgehead atoms. The van der Waals surface area contributed by atoms with Crippen LogP contribution in [0.4, 0.5) is 4.79 Å². The van der Waals surface area contributed by atoms with Crippen LogP contribution in [-0.2, 0) is 14.3 Å². The van der Waals surface area contributed by atoms with Gasteiger partial charge in [0.1, 0.15) is 17.5 Å². The van der Waals surface area contributed by atoms with Crippen molar-refractivity contribution in [1.29, 1.82) is 0 Å². The van der Waals surface area contributed by atoms with Crippen molar-refractivity contribution >= 4 is 12.1 Å². The summed E-state index contributed by atoms with van der Waals surface area (Å²) in [5.74, 6) is -0.218. The normalized spacial score (nSPS) is 12.3. The fraction of sp³-hybridized carbons (Fsp3) is 0.529. The van der Waals surface area contributed by atoms with Gasteiger partial charge in [0.2, 0.25) is 0 Å². The molecule has 1 amide bonds. The summed E-state index contributed by atoms with van der Waals surface area (Å²) in [7, 11) is 0. The largest absolute Gasteiger partial charge is 0.508 e. The standard InChI is InChI=1S/C17H25NO5/c1-5-6-15(20)22-14(12-7-9-13(19)10-8-12)11-18-16(21)23-17(2,3)4/h7-10,14,19H,5-6,11H2,1-4H3,(H,18,21). The predicted molar refractivity (Wildman–Crippen MR) is 86.1 cm³/mol. The molecule has 6 nitrogen and oxygen atoms in total. The maximum Gasteiger partial charge on any atom is 0.407 e. The summed E-state index contributed by atoms with van der Waals surface area (Å²) in [4.78, 5) is 23.5. The second-order valence-corrected chi connectivity index (χ2v) is 6.20. The Bertz CT molecular complexity index is 519. The van der Waals surface area contributed by atoms with Crippen molar-refractivity contribution in [1.82, 2.24) is 5.32 Å². The molecule has 0 aliphatic heterocycles. The van der Waals surface area contributed by atoms with Gasteiger partial charge in [-0.3, -0.25) is 4.79 Å². The molecular formula is C17H25NO5. The van der Waals surface area contributed by atoms with E-state index >= 15 is 0 Å². The minimum absolute atomic E-state index is 0.0924. The maximum atomic E-state index is 11.8. The molecule has 0 aliphatic carbocycles. The van der Waals surface area contributed by atoms with E-state index in [0.717, 1.165) is 0 Å². The number of phenolic OH excluding ortho intramolecular Hbond substituents is 1. The van der Waals surface area contributed by atoms with Crippen LogP contribution in [0.3, 0.4) is 0 Å². The topological polar surface area (TPSA) is 84.9 Å². The van der Waals surface area contributed by atoms with Gasteiger partial charge in [0, 0.05) is 6.42 Å². The average molecular weight is 323 g/mol. The van der Waals surface area contributed by atoms with Gasteiger partial charge in [0.15, 0.2) is 0 Å². The van der Waals surface area contributed by atoms with Crippen LogP contribution in [0.15, 0.2) is 24.3 Å². The SMILES string of the molecule is CCCC(=O)OC(CNC(=O)OC(C)(C)C)c1ccc(O)cc1. The molecule has 6 heteroatoms. The fourth-order valence-electron chi connectivity index (χ4n) is 1.83. The van der Waals surface area contributed by atoms with Crippen LogP contribution >= 0.6 is 0 Å². The smallest absolute Gasteiger partial charge is 0.407 e. The molecular weight excluding hydrogens is 298 g/mol. The van der Waals surface area contributed by atoms with Gasteiger partial charge in [0.25, 0.3) is 0 Å². The lowest BCUT2D eigenvalue weighted by Crippen LogP contribution is -2.35. The number of hydrogen-bond donors (Lipinski definition) is 2. The molecule has 0 aromatic heterocycles. The molecule has 0 saturated carbocycles. The Morgan fingerprint density at radius 3 is 2.35 bits per heavy atom. The highest BCUT2D eigenvalue weighted by atomic mass is 16.6. The van der Waals surface area contributed by atoms with E-state index in [4.69, 9.17) is 9.47 Å². The van der Waals surface area contributed by atoms with Crippen molar-refractivity contribution in [2.24, 2.45) is 0 Å². The molecule has 0 heterocycles. The summed E-state index contributed by atoms with van der Waals surface area (Å²) in [6.45, 7) is 7.28. The number of esters is 1. The van der Waals surface area contributed by atoms with E-state index in [2.05, 4.69) is 5.32 Å². The lowest BCUT2D eigenvalue weighted by Gasteiger charge is -2.22. The van der Waals surface area contributed by atoms with Gasteiger partial charge in [-0.15, -0.1) is 0 Å². The number of ether oxygens (including phenoxy) is 2. The van der Waals surface area contributed by atoms with E-state index in [1.165, 1.54) is 12.1 Å². The number of nitrogens with one attached hydrogen (secondary N) is 1. The Balaban J connectivity index is 2.73. The molecule has 1 aromatic carbocycles. The zero-order valence-corrected chi connectivity index (χ0v) is 14.1. The summed E-state index contributed by atoms with van der Waals surface area (Å²) in [6, 6.07) is 6.30. The molecule has 1 unspecified atom stereocenters. The Kier molecular flexibility index (Phi) is 6.88. The van der Waals surface area contributed by atoms with Crippen LogP contribution < -0.4 is 5.32 Å².